The van der Waals surface area contributed by atoms with Gasteiger partial charge in [0.2, 0.25) is 5.76 Å². The normalized spacial score (nSPS) is 14.4. The molecular weight excluding hydrogens is 471 g/mol. The molecule has 0 aliphatic carbocycles. The van der Waals surface area contributed by atoms with Crippen molar-refractivity contribution in [3.8, 4) is 5.69 Å². The van der Waals surface area contributed by atoms with E-state index in [4.69, 9.17) is 4.52 Å². The van der Waals surface area contributed by atoms with E-state index in [1.54, 1.807) is 22.8 Å². The van der Waals surface area contributed by atoms with Crippen molar-refractivity contribution in [1.29, 1.82) is 0 Å². The lowest BCUT2D eigenvalue weighted by Gasteiger charge is -2.34. The van der Waals surface area contributed by atoms with Crippen molar-refractivity contribution in [2.45, 2.75) is 6.92 Å². The van der Waals surface area contributed by atoms with Gasteiger partial charge in [0.05, 0.1) is 5.69 Å². The molecule has 1 aromatic carbocycles. The molecule has 1 aliphatic rings. The number of rotatable bonds is 3. The molecule has 0 bridgehead atoms. The number of benzene rings is 1. The lowest BCUT2D eigenvalue weighted by molar-refractivity contribution is 0.0509. The quantitative estimate of drug-likeness (QED) is 0.530. The second kappa shape index (κ2) is 7.78. The number of aryl methyl sites for hydroxylation is 1. The molecule has 2 amide bonds. The summed E-state index contributed by atoms with van der Waals surface area (Å²) in [4.78, 5) is 29.0. The molecule has 4 rings (SSSR count). The first-order valence-electron chi connectivity index (χ1n) is 8.98. The summed E-state index contributed by atoms with van der Waals surface area (Å²) in [5, 5.41) is 3.76. The predicted octanol–water partition coefficient (Wildman–Crippen LogP) is 2.98. The van der Waals surface area contributed by atoms with Crippen LogP contribution in [-0.4, -0.2) is 57.5 Å². The van der Waals surface area contributed by atoms with Gasteiger partial charge in [-0.3, -0.25) is 9.59 Å². The van der Waals surface area contributed by atoms with Crippen molar-refractivity contribution in [2.24, 2.45) is 0 Å². The van der Waals surface area contributed by atoms with Crippen LogP contribution in [0.15, 0.2) is 53.2 Å². The molecule has 1 fully saturated rings. The summed E-state index contributed by atoms with van der Waals surface area (Å²) in [6, 6.07) is 13.3. The SMILES string of the molecule is Cc1cc(C(=O)N2CCN(C(=O)c3cccn3-c3cccc(I)c3)CC2)on1. The Labute approximate surface area is 176 Å². The minimum Gasteiger partial charge on any atom is -0.351 e. The lowest BCUT2D eigenvalue weighted by Crippen LogP contribution is -2.50. The maximum absolute atomic E-state index is 13.1. The maximum Gasteiger partial charge on any atom is 0.292 e. The van der Waals surface area contributed by atoms with Gasteiger partial charge in [0.25, 0.3) is 11.8 Å². The highest BCUT2D eigenvalue weighted by Gasteiger charge is 2.28. The lowest BCUT2D eigenvalue weighted by atomic mass is 10.2. The van der Waals surface area contributed by atoms with Gasteiger partial charge in [0, 0.05) is 47.7 Å². The van der Waals surface area contributed by atoms with Crippen LogP contribution in [0.5, 0.6) is 0 Å². The van der Waals surface area contributed by atoms with E-state index in [9.17, 15) is 9.59 Å². The van der Waals surface area contributed by atoms with Crippen LogP contribution in [0.2, 0.25) is 0 Å². The molecule has 2 aromatic heterocycles. The van der Waals surface area contributed by atoms with Crippen molar-refractivity contribution in [1.82, 2.24) is 19.5 Å². The van der Waals surface area contributed by atoms with Gasteiger partial charge in [-0.05, 0) is 59.8 Å². The van der Waals surface area contributed by atoms with E-state index in [1.165, 1.54) is 0 Å². The van der Waals surface area contributed by atoms with E-state index >= 15 is 0 Å². The maximum atomic E-state index is 13.1. The van der Waals surface area contributed by atoms with Crippen LogP contribution in [0.1, 0.15) is 26.7 Å². The zero-order valence-corrected chi connectivity index (χ0v) is 17.5. The monoisotopic (exact) mass is 490 g/mol. The molecule has 0 N–H and O–H groups in total. The number of hydrogen-bond donors (Lipinski definition) is 0. The Bertz CT molecular complexity index is 1020. The highest BCUT2D eigenvalue weighted by atomic mass is 127. The molecule has 144 valence electrons. The number of carbonyl (C=O) groups is 2. The second-order valence-corrected chi connectivity index (χ2v) is 7.91. The highest BCUT2D eigenvalue weighted by Crippen LogP contribution is 2.18. The summed E-state index contributed by atoms with van der Waals surface area (Å²) in [6.45, 7) is 3.67. The molecule has 1 saturated heterocycles. The Morgan fingerprint density at radius 3 is 2.36 bits per heavy atom. The molecule has 3 aromatic rings. The predicted molar refractivity (Wildman–Crippen MR) is 112 cm³/mol. The van der Waals surface area contributed by atoms with Gasteiger partial charge in [0.1, 0.15) is 5.69 Å². The van der Waals surface area contributed by atoms with Crippen molar-refractivity contribution in [2.75, 3.05) is 26.2 Å². The first-order chi connectivity index (χ1) is 13.5. The second-order valence-electron chi connectivity index (χ2n) is 6.66. The largest absolute Gasteiger partial charge is 0.351 e. The van der Waals surface area contributed by atoms with Gasteiger partial charge in [-0.15, -0.1) is 0 Å². The van der Waals surface area contributed by atoms with Crippen LogP contribution in [0, 0.1) is 10.5 Å². The Hall–Kier alpha value is -2.62. The summed E-state index contributed by atoms with van der Waals surface area (Å²) in [5.41, 5.74) is 2.25. The standard InChI is InChI=1S/C20H19IN4O3/c1-14-12-18(28-22-14)20(27)24-10-8-23(9-11-24)19(26)17-6-3-7-25(17)16-5-2-4-15(21)13-16/h2-7,12-13H,8-11H2,1H3. The first-order valence-corrected chi connectivity index (χ1v) is 10.1. The molecule has 8 heteroatoms. The molecule has 0 radical (unpaired) electrons. The molecule has 3 heterocycles. The van der Waals surface area contributed by atoms with E-state index in [-0.39, 0.29) is 17.6 Å². The van der Waals surface area contributed by atoms with E-state index < -0.39 is 0 Å². The van der Waals surface area contributed by atoms with Crippen LogP contribution in [0.3, 0.4) is 0 Å². The van der Waals surface area contributed by atoms with Crippen LogP contribution >= 0.6 is 22.6 Å². The molecule has 0 spiro atoms. The zero-order chi connectivity index (χ0) is 19.7. The van der Waals surface area contributed by atoms with Crippen molar-refractivity contribution in [3.63, 3.8) is 0 Å². The third kappa shape index (κ3) is 3.68. The van der Waals surface area contributed by atoms with Gasteiger partial charge in [-0.2, -0.15) is 0 Å². The molecule has 0 saturated carbocycles. The van der Waals surface area contributed by atoms with Gasteiger partial charge in [-0.1, -0.05) is 11.2 Å². The Balaban J connectivity index is 1.45. The molecule has 1 aliphatic heterocycles. The summed E-state index contributed by atoms with van der Waals surface area (Å²) in [5.74, 6) is 0.0197. The molecule has 28 heavy (non-hydrogen) atoms. The number of carbonyl (C=O) groups excluding carboxylic acids is 2. The average Bonchev–Trinajstić information content (AvgIpc) is 3.36. The minimum atomic E-state index is -0.185. The van der Waals surface area contributed by atoms with Crippen molar-refractivity contribution >= 4 is 34.4 Å². The molecule has 7 nitrogen and oxygen atoms in total. The summed E-state index contributed by atoms with van der Waals surface area (Å²) in [7, 11) is 0. The van der Waals surface area contributed by atoms with E-state index in [1.807, 2.05) is 47.2 Å². The van der Waals surface area contributed by atoms with Crippen LogP contribution in [0.25, 0.3) is 5.69 Å². The van der Waals surface area contributed by atoms with Crippen LogP contribution in [-0.2, 0) is 0 Å². The fourth-order valence-electron chi connectivity index (χ4n) is 3.30. The number of nitrogens with zero attached hydrogens (tertiary/aromatic N) is 4. The smallest absolute Gasteiger partial charge is 0.292 e. The van der Waals surface area contributed by atoms with Crippen molar-refractivity contribution in [3.05, 3.63) is 69.4 Å². The third-order valence-corrected chi connectivity index (χ3v) is 5.42. The minimum absolute atomic E-state index is 0.0357. The molecular formula is C20H19IN4O3. The van der Waals surface area contributed by atoms with Crippen LogP contribution in [0.4, 0.5) is 0 Å². The number of hydrogen-bond acceptors (Lipinski definition) is 4. The Morgan fingerprint density at radius 2 is 1.71 bits per heavy atom. The molecule has 0 unspecified atom stereocenters. The Morgan fingerprint density at radius 1 is 1.00 bits per heavy atom. The topological polar surface area (TPSA) is 71.6 Å². The van der Waals surface area contributed by atoms with Gasteiger partial charge >= 0.3 is 0 Å². The summed E-state index contributed by atoms with van der Waals surface area (Å²) < 4.78 is 8.07. The first kappa shape index (κ1) is 18.7. The average molecular weight is 490 g/mol. The fourth-order valence-corrected chi connectivity index (χ4v) is 3.83. The number of halogens is 1. The van der Waals surface area contributed by atoms with Crippen molar-refractivity contribution < 1.29 is 14.1 Å². The van der Waals surface area contributed by atoms with E-state index in [0.29, 0.717) is 37.6 Å². The van der Waals surface area contributed by atoms with Crippen LogP contribution < -0.4 is 0 Å². The summed E-state index contributed by atoms with van der Waals surface area (Å²) >= 11 is 2.26. The fraction of sp³-hybridized carbons (Fsp3) is 0.250. The third-order valence-electron chi connectivity index (χ3n) is 4.75. The zero-order valence-electron chi connectivity index (χ0n) is 15.3. The van der Waals surface area contributed by atoms with Gasteiger partial charge in [0.15, 0.2) is 0 Å². The molecule has 0 atom stereocenters. The van der Waals surface area contributed by atoms with E-state index in [2.05, 4.69) is 27.7 Å². The summed E-state index contributed by atoms with van der Waals surface area (Å²) in [6.07, 6.45) is 1.89. The van der Waals surface area contributed by atoms with E-state index in [0.717, 1.165) is 9.26 Å². The number of amides is 2. The Kier molecular flexibility index (Phi) is 5.21. The van der Waals surface area contributed by atoms with Gasteiger partial charge in [-0.25, -0.2) is 0 Å². The number of piperazine rings is 1. The number of aromatic nitrogens is 2. The van der Waals surface area contributed by atoms with Gasteiger partial charge < -0.3 is 18.9 Å². The highest BCUT2D eigenvalue weighted by molar-refractivity contribution is 14.1.